The minimum absolute atomic E-state index is 0.175. The fraction of sp³-hybridized carbons (Fsp3) is 0.286. The molecule has 0 spiro atoms. The maximum atomic E-state index is 11.0. The largest absolute Gasteiger partial charge is 0.325 e. The van der Waals surface area contributed by atoms with Gasteiger partial charge in [-0.2, -0.15) is 0 Å². The van der Waals surface area contributed by atoms with Crippen LogP contribution in [-0.4, -0.2) is 23.2 Å². The zero-order valence-electron chi connectivity index (χ0n) is 6.12. The van der Waals surface area contributed by atoms with Gasteiger partial charge in [0.15, 0.2) is 0 Å². The quantitative estimate of drug-likeness (QED) is 0.637. The normalized spacial score (nSPS) is 8.82. The molecule has 0 heterocycles. The van der Waals surface area contributed by atoms with Crippen molar-refractivity contribution in [3.05, 3.63) is 25.3 Å². The van der Waals surface area contributed by atoms with Gasteiger partial charge in [0.1, 0.15) is 0 Å². The first-order chi connectivity index (χ1) is 5.26. The molecule has 11 heavy (non-hydrogen) atoms. The predicted octanol–water partition coefficient (Wildman–Crippen LogP) is 2.67. The van der Waals surface area contributed by atoms with Gasteiger partial charge >= 0.3 is 0 Å². The molecule has 0 rings (SSSR count). The summed E-state index contributed by atoms with van der Waals surface area (Å²) < 4.78 is 0. The average Bonchev–Trinajstić information content (AvgIpc) is 2.03. The molecule has 2 nitrogen and oxygen atoms in total. The third-order valence-electron chi connectivity index (χ3n) is 1.02. The molecular formula is C7H10ClNOS. The molecule has 1 amide bonds. The van der Waals surface area contributed by atoms with E-state index >= 15 is 0 Å². The molecule has 0 aliphatic rings. The molecule has 0 aromatic carbocycles. The maximum Gasteiger partial charge on any atom is 0.297 e. The SMILES string of the molecule is C=CCN(CC=C)C(=O)SCl. The summed E-state index contributed by atoms with van der Waals surface area (Å²) in [6, 6.07) is 0. The number of halogens is 1. The molecule has 0 saturated heterocycles. The predicted molar refractivity (Wildman–Crippen MR) is 50.8 cm³/mol. The van der Waals surface area contributed by atoms with Gasteiger partial charge in [0, 0.05) is 24.1 Å². The van der Waals surface area contributed by atoms with Gasteiger partial charge in [0.2, 0.25) is 0 Å². The minimum Gasteiger partial charge on any atom is -0.325 e. The highest BCUT2D eigenvalue weighted by atomic mass is 35.7. The molecule has 0 aromatic rings. The molecule has 62 valence electrons. The summed E-state index contributed by atoms with van der Waals surface area (Å²) in [7, 11) is 5.95. The molecule has 0 unspecified atom stereocenters. The maximum absolute atomic E-state index is 11.0. The molecule has 4 heteroatoms. The Hall–Kier alpha value is -0.410. The van der Waals surface area contributed by atoms with Gasteiger partial charge in [0.25, 0.3) is 5.24 Å². The second-order valence-corrected chi connectivity index (χ2v) is 2.79. The van der Waals surface area contributed by atoms with E-state index in [1.54, 1.807) is 12.2 Å². The number of rotatable bonds is 4. The van der Waals surface area contributed by atoms with Crippen molar-refractivity contribution in [3.63, 3.8) is 0 Å². The van der Waals surface area contributed by atoms with Crippen molar-refractivity contribution in [2.75, 3.05) is 13.1 Å². The van der Waals surface area contributed by atoms with Crippen LogP contribution in [0.25, 0.3) is 0 Å². The van der Waals surface area contributed by atoms with Gasteiger partial charge < -0.3 is 4.90 Å². The van der Waals surface area contributed by atoms with Crippen LogP contribution in [-0.2, 0) is 0 Å². The van der Waals surface area contributed by atoms with E-state index in [1.165, 1.54) is 4.90 Å². The summed E-state index contributed by atoms with van der Waals surface area (Å²) in [6.45, 7) is 8.05. The molecule has 0 bridgehead atoms. The standard InChI is InChI=1S/C7H10ClNOS/c1-3-5-9(6-4-2)7(10)11-8/h3-4H,1-2,5-6H2. The monoisotopic (exact) mass is 191 g/mol. The number of nitrogens with zero attached hydrogens (tertiary/aromatic N) is 1. The highest BCUT2D eigenvalue weighted by Gasteiger charge is 2.08. The lowest BCUT2D eigenvalue weighted by Gasteiger charge is -2.16. The summed E-state index contributed by atoms with van der Waals surface area (Å²) in [6.07, 6.45) is 3.29. The lowest BCUT2D eigenvalue weighted by atomic mass is 10.5. The second-order valence-electron chi connectivity index (χ2n) is 1.83. The van der Waals surface area contributed by atoms with Gasteiger partial charge in [-0.25, -0.2) is 0 Å². The van der Waals surface area contributed by atoms with Crippen molar-refractivity contribution in [1.29, 1.82) is 0 Å². The Morgan fingerprint density at radius 3 is 2.18 bits per heavy atom. The zero-order chi connectivity index (χ0) is 8.69. The zero-order valence-corrected chi connectivity index (χ0v) is 7.70. The summed E-state index contributed by atoms with van der Waals surface area (Å²) in [4.78, 5) is 12.5. The first-order valence-electron chi connectivity index (χ1n) is 3.05. The van der Waals surface area contributed by atoms with Crippen LogP contribution in [0.15, 0.2) is 25.3 Å². The van der Waals surface area contributed by atoms with E-state index in [-0.39, 0.29) is 5.24 Å². The fourth-order valence-corrected chi connectivity index (χ4v) is 1.12. The van der Waals surface area contributed by atoms with E-state index in [1.807, 2.05) is 0 Å². The van der Waals surface area contributed by atoms with E-state index in [9.17, 15) is 4.79 Å². The van der Waals surface area contributed by atoms with Crippen LogP contribution >= 0.6 is 21.7 Å². The smallest absolute Gasteiger partial charge is 0.297 e. The van der Waals surface area contributed by atoms with Gasteiger partial charge in [-0.15, -0.1) is 13.2 Å². The molecule has 0 fully saturated rings. The topological polar surface area (TPSA) is 20.3 Å². The molecule has 0 aromatic heterocycles. The van der Waals surface area contributed by atoms with Gasteiger partial charge in [-0.05, 0) is 10.7 Å². The number of carbonyl (C=O) groups excluding carboxylic acids is 1. The van der Waals surface area contributed by atoms with Crippen LogP contribution < -0.4 is 0 Å². The highest BCUT2D eigenvalue weighted by Crippen LogP contribution is 2.12. The molecular weight excluding hydrogens is 182 g/mol. The van der Waals surface area contributed by atoms with Gasteiger partial charge in [0.05, 0.1) is 0 Å². The summed E-state index contributed by atoms with van der Waals surface area (Å²) in [5, 5.41) is -0.175. The fourth-order valence-electron chi connectivity index (χ4n) is 0.584. The first kappa shape index (κ1) is 10.6. The number of hydrogen-bond donors (Lipinski definition) is 0. The minimum atomic E-state index is -0.175. The lowest BCUT2D eigenvalue weighted by Crippen LogP contribution is -2.26. The molecule has 0 radical (unpaired) electrons. The summed E-state index contributed by atoms with van der Waals surface area (Å²) >= 11 is 0. The van der Waals surface area contributed by atoms with Crippen LogP contribution in [0.4, 0.5) is 4.79 Å². The Morgan fingerprint density at radius 2 is 1.91 bits per heavy atom. The van der Waals surface area contributed by atoms with E-state index < -0.39 is 0 Å². The van der Waals surface area contributed by atoms with Crippen LogP contribution in [0, 0.1) is 0 Å². The molecule has 0 aliphatic carbocycles. The van der Waals surface area contributed by atoms with E-state index in [0.717, 1.165) is 0 Å². The number of carbonyl (C=O) groups is 1. The Bertz CT molecular complexity index is 151. The Balaban J connectivity index is 3.95. The van der Waals surface area contributed by atoms with Crippen molar-refractivity contribution in [1.82, 2.24) is 4.90 Å². The van der Waals surface area contributed by atoms with Gasteiger partial charge in [-0.1, -0.05) is 12.2 Å². The Labute approximate surface area is 75.4 Å². The van der Waals surface area contributed by atoms with Crippen molar-refractivity contribution in [2.45, 2.75) is 0 Å². The van der Waals surface area contributed by atoms with Gasteiger partial charge in [-0.3, -0.25) is 4.79 Å². The number of amides is 1. The highest BCUT2D eigenvalue weighted by molar-refractivity contribution is 8.32. The first-order valence-corrected chi connectivity index (χ1v) is 4.69. The van der Waals surface area contributed by atoms with Crippen molar-refractivity contribution in [3.8, 4) is 0 Å². The summed E-state index contributed by atoms with van der Waals surface area (Å²) in [5.74, 6) is 0. The van der Waals surface area contributed by atoms with E-state index in [4.69, 9.17) is 10.7 Å². The Kier molecular flexibility index (Phi) is 6.07. The van der Waals surface area contributed by atoms with Crippen LogP contribution in [0.3, 0.4) is 0 Å². The van der Waals surface area contributed by atoms with Crippen LogP contribution in [0.2, 0.25) is 0 Å². The van der Waals surface area contributed by atoms with Crippen LogP contribution in [0.1, 0.15) is 0 Å². The Morgan fingerprint density at radius 1 is 1.45 bits per heavy atom. The van der Waals surface area contributed by atoms with E-state index in [0.29, 0.717) is 24.1 Å². The second kappa shape index (κ2) is 6.31. The van der Waals surface area contributed by atoms with E-state index in [2.05, 4.69) is 13.2 Å². The molecule has 0 N–H and O–H groups in total. The molecule has 0 aliphatic heterocycles. The average molecular weight is 192 g/mol. The summed E-state index contributed by atoms with van der Waals surface area (Å²) in [5.41, 5.74) is 0. The number of hydrogen-bond acceptors (Lipinski definition) is 2. The molecule has 0 atom stereocenters. The van der Waals surface area contributed by atoms with Crippen molar-refractivity contribution < 1.29 is 4.79 Å². The third kappa shape index (κ3) is 4.11. The van der Waals surface area contributed by atoms with Crippen molar-refractivity contribution in [2.24, 2.45) is 0 Å². The van der Waals surface area contributed by atoms with Crippen LogP contribution in [0.5, 0.6) is 0 Å². The van der Waals surface area contributed by atoms with Crippen molar-refractivity contribution >= 4 is 26.9 Å². The third-order valence-corrected chi connectivity index (χ3v) is 1.81. The lowest BCUT2D eigenvalue weighted by molar-refractivity contribution is 0.233. The molecule has 0 saturated carbocycles.